The fraction of sp³-hybridized carbons (Fsp3) is 0.409. The van der Waals surface area contributed by atoms with Crippen molar-refractivity contribution in [3.05, 3.63) is 59.2 Å². The molecule has 0 spiro atoms. The largest absolute Gasteiger partial charge is 0.493 e. The van der Waals surface area contributed by atoms with Crippen molar-refractivity contribution in [1.82, 2.24) is 5.32 Å². The average molecular weight is 372 g/mol. The molecule has 146 valence electrons. The summed E-state index contributed by atoms with van der Waals surface area (Å²) in [6, 6.07) is 14.3. The first kappa shape index (κ1) is 20.8. The first-order valence-corrected chi connectivity index (χ1v) is 9.30. The van der Waals surface area contributed by atoms with Crippen LogP contribution in [0.2, 0.25) is 0 Å². The summed E-state index contributed by atoms with van der Waals surface area (Å²) in [7, 11) is 5.24. The second kappa shape index (κ2) is 9.97. The molecule has 0 aliphatic carbocycles. The number of ether oxygens (including phenoxy) is 2. The van der Waals surface area contributed by atoms with E-state index in [4.69, 9.17) is 9.47 Å². The Kier molecular flexibility index (Phi) is 7.67. The van der Waals surface area contributed by atoms with Gasteiger partial charge in [0.1, 0.15) is 6.54 Å². The molecule has 0 aromatic heterocycles. The van der Waals surface area contributed by atoms with Crippen LogP contribution in [0, 0.1) is 0 Å². The van der Waals surface area contributed by atoms with Crippen molar-refractivity contribution in [3.8, 4) is 11.5 Å². The lowest BCUT2D eigenvalue weighted by Gasteiger charge is -2.15. The predicted molar refractivity (Wildman–Crippen MR) is 107 cm³/mol. The van der Waals surface area contributed by atoms with Crippen molar-refractivity contribution in [2.75, 3.05) is 27.8 Å². The summed E-state index contributed by atoms with van der Waals surface area (Å²) in [4.78, 5) is 13.4. The molecule has 2 aromatic rings. The number of likely N-dealkylation sites (N-methyl/N-ethyl adjacent to an activating group) is 1. The Morgan fingerprint density at radius 3 is 2.22 bits per heavy atom. The number of rotatable bonds is 9. The first-order chi connectivity index (χ1) is 12.9. The quantitative estimate of drug-likeness (QED) is 0.710. The summed E-state index contributed by atoms with van der Waals surface area (Å²) in [5.41, 5.74) is 3.55. The Balaban J connectivity index is 1.82. The highest BCUT2D eigenvalue weighted by Crippen LogP contribution is 2.27. The molecule has 0 heterocycles. The van der Waals surface area contributed by atoms with Crippen LogP contribution in [-0.4, -0.2) is 33.7 Å². The topological polar surface area (TPSA) is 52.0 Å². The Hall–Kier alpha value is -2.53. The molecule has 0 saturated carbocycles. The van der Waals surface area contributed by atoms with Crippen LogP contribution in [-0.2, 0) is 17.9 Å². The smallest absolute Gasteiger partial charge is 0.275 e. The second-order valence-electron chi connectivity index (χ2n) is 7.17. The van der Waals surface area contributed by atoms with Crippen molar-refractivity contribution in [1.29, 1.82) is 0 Å². The summed E-state index contributed by atoms with van der Waals surface area (Å²) in [5, 5.41) is 2.97. The zero-order valence-corrected chi connectivity index (χ0v) is 17.0. The zero-order valence-electron chi connectivity index (χ0n) is 17.0. The summed E-state index contributed by atoms with van der Waals surface area (Å²) < 4.78 is 10.5. The minimum Gasteiger partial charge on any atom is -0.493 e. The van der Waals surface area contributed by atoms with Gasteiger partial charge in [-0.05, 0) is 29.2 Å². The molecule has 27 heavy (non-hydrogen) atoms. The third kappa shape index (κ3) is 6.29. The van der Waals surface area contributed by atoms with Crippen LogP contribution >= 0.6 is 0 Å². The lowest BCUT2D eigenvalue weighted by molar-refractivity contribution is -0.885. The lowest BCUT2D eigenvalue weighted by Crippen LogP contribution is -3.08. The number of methoxy groups -OCH3 is 2. The van der Waals surface area contributed by atoms with E-state index in [1.54, 1.807) is 14.2 Å². The van der Waals surface area contributed by atoms with E-state index in [9.17, 15) is 4.79 Å². The Labute approximate surface area is 162 Å². The van der Waals surface area contributed by atoms with Crippen molar-refractivity contribution >= 4 is 5.91 Å². The number of benzene rings is 2. The molecule has 0 radical (unpaired) electrons. The molecule has 1 amide bonds. The number of carbonyl (C=O) groups is 1. The van der Waals surface area contributed by atoms with E-state index in [0.29, 0.717) is 30.5 Å². The molecule has 0 aliphatic rings. The zero-order chi connectivity index (χ0) is 19.8. The van der Waals surface area contributed by atoms with Gasteiger partial charge in [-0.2, -0.15) is 0 Å². The Bertz CT molecular complexity index is 742. The van der Waals surface area contributed by atoms with Crippen molar-refractivity contribution in [3.63, 3.8) is 0 Å². The van der Waals surface area contributed by atoms with Gasteiger partial charge >= 0.3 is 0 Å². The van der Waals surface area contributed by atoms with Gasteiger partial charge in [0.15, 0.2) is 18.0 Å². The highest BCUT2D eigenvalue weighted by molar-refractivity contribution is 5.76. The van der Waals surface area contributed by atoms with E-state index >= 15 is 0 Å². The summed E-state index contributed by atoms with van der Waals surface area (Å²) in [6.07, 6.45) is 0. The Morgan fingerprint density at radius 2 is 1.63 bits per heavy atom. The SMILES string of the molecule is COc1ccc(CNC(=O)C[NH+](C)Cc2ccc(C(C)C)cc2)cc1OC. The van der Waals surface area contributed by atoms with E-state index in [-0.39, 0.29) is 5.91 Å². The van der Waals surface area contributed by atoms with Crippen LogP contribution in [0.15, 0.2) is 42.5 Å². The normalized spacial score (nSPS) is 11.9. The van der Waals surface area contributed by atoms with Crippen LogP contribution < -0.4 is 19.7 Å². The van der Waals surface area contributed by atoms with Crippen LogP contribution in [0.3, 0.4) is 0 Å². The molecular weight excluding hydrogens is 340 g/mol. The van der Waals surface area contributed by atoms with Gasteiger partial charge in [0, 0.05) is 12.1 Å². The van der Waals surface area contributed by atoms with Gasteiger partial charge in [0.25, 0.3) is 5.91 Å². The number of amides is 1. The molecule has 0 fully saturated rings. The molecule has 2 N–H and O–H groups in total. The van der Waals surface area contributed by atoms with Crippen LogP contribution in [0.5, 0.6) is 11.5 Å². The molecule has 5 heteroatoms. The van der Waals surface area contributed by atoms with Crippen LogP contribution in [0.4, 0.5) is 0 Å². The number of hydrogen-bond acceptors (Lipinski definition) is 3. The molecule has 2 aromatic carbocycles. The van der Waals surface area contributed by atoms with Crippen LogP contribution in [0.25, 0.3) is 0 Å². The third-order valence-electron chi connectivity index (χ3n) is 4.55. The third-order valence-corrected chi connectivity index (χ3v) is 4.55. The number of quaternary nitrogens is 1. The summed E-state index contributed by atoms with van der Waals surface area (Å²) in [6.45, 7) is 6.10. The van der Waals surface area contributed by atoms with Crippen molar-refractivity contribution in [2.45, 2.75) is 32.9 Å². The predicted octanol–water partition coefficient (Wildman–Crippen LogP) is 2.16. The van der Waals surface area contributed by atoms with E-state index < -0.39 is 0 Å². The standard InChI is InChI=1S/C22H30N2O3/c1-16(2)19-9-6-17(7-10-19)14-24(3)15-22(25)23-13-18-8-11-20(26-4)21(12-18)27-5/h6-12,16H,13-15H2,1-5H3,(H,23,25)/p+1. The Morgan fingerprint density at radius 1 is 1.00 bits per heavy atom. The van der Waals surface area contributed by atoms with Crippen molar-refractivity contribution < 1.29 is 19.2 Å². The molecule has 1 atom stereocenters. The van der Waals surface area contributed by atoms with E-state index in [0.717, 1.165) is 17.0 Å². The van der Waals surface area contributed by atoms with E-state index in [1.807, 2.05) is 25.2 Å². The van der Waals surface area contributed by atoms with Gasteiger partial charge in [0.05, 0.1) is 21.3 Å². The lowest BCUT2D eigenvalue weighted by atomic mass is 10.0. The van der Waals surface area contributed by atoms with E-state index in [1.165, 1.54) is 11.1 Å². The second-order valence-corrected chi connectivity index (χ2v) is 7.17. The maximum Gasteiger partial charge on any atom is 0.275 e. The maximum atomic E-state index is 12.3. The molecule has 0 bridgehead atoms. The van der Waals surface area contributed by atoms with Crippen LogP contribution in [0.1, 0.15) is 36.5 Å². The molecular formula is C22H31N2O3+. The van der Waals surface area contributed by atoms with Gasteiger partial charge in [-0.25, -0.2) is 0 Å². The molecule has 0 aliphatic heterocycles. The number of hydrogen-bond donors (Lipinski definition) is 2. The van der Waals surface area contributed by atoms with Crippen molar-refractivity contribution in [2.24, 2.45) is 0 Å². The number of nitrogens with one attached hydrogen (secondary N) is 2. The fourth-order valence-electron chi connectivity index (χ4n) is 2.96. The number of carbonyl (C=O) groups excluding carboxylic acids is 1. The monoisotopic (exact) mass is 371 g/mol. The minimum absolute atomic E-state index is 0.0288. The van der Waals surface area contributed by atoms with Gasteiger partial charge in [0.2, 0.25) is 0 Å². The summed E-state index contributed by atoms with van der Waals surface area (Å²) in [5.74, 6) is 1.91. The van der Waals surface area contributed by atoms with Gasteiger partial charge in [-0.15, -0.1) is 0 Å². The van der Waals surface area contributed by atoms with E-state index in [2.05, 4.69) is 43.4 Å². The molecule has 5 nitrogen and oxygen atoms in total. The fourth-order valence-corrected chi connectivity index (χ4v) is 2.96. The van der Waals surface area contributed by atoms with Gasteiger partial charge in [-0.1, -0.05) is 44.2 Å². The highest BCUT2D eigenvalue weighted by atomic mass is 16.5. The molecule has 2 rings (SSSR count). The average Bonchev–Trinajstić information content (AvgIpc) is 2.66. The maximum absolute atomic E-state index is 12.3. The van der Waals surface area contributed by atoms with Gasteiger partial charge in [-0.3, -0.25) is 4.79 Å². The summed E-state index contributed by atoms with van der Waals surface area (Å²) >= 11 is 0. The molecule has 0 saturated heterocycles. The highest BCUT2D eigenvalue weighted by Gasteiger charge is 2.11. The molecule has 1 unspecified atom stereocenters. The first-order valence-electron chi connectivity index (χ1n) is 9.30. The minimum atomic E-state index is 0.0288. The van der Waals surface area contributed by atoms with Gasteiger partial charge < -0.3 is 19.7 Å².